The lowest BCUT2D eigenvalue weighted by Gasteiger charge is -2.42. The quantitative estimate of drug-likeness (QED) is 0.649. The predicted molar refractivity (Wildman–Crippen MR) is 147 cm³/mol. The first-order valence-corrected chi connectivity index (χ1v) is 14.2. The number of aromatic nitrogens is 3. The molecule has 3 aliphatic heterocycles. The highest BCUT2D eigenvalue weighted by atomic mass is 16.2. The van der Waals surface area contributed by atoms with Crippen molar-refractivity contribution in [2.45, 2.75) is 83.0 Å². The Kier molecular flexibility index (Phi) is 6.52. The van der Waals surface area contributed by atoms with E-state index in [4.69, 9.17) is 9.98 Å². The molecule has 2 unspecified atom stereocenters. The zero-order valence-corrected chi connectivity index (χ0v) is 22.4. The van der Waals surface area contributed by atoms with Crippen LogP contribution in [-0.4, -0.2) is 86.9 Å². The number of nitrogens with zero attached hydrogens (tertiary/aromatic N) is 6. The van der Waals surface area contributed by atoms with E-state index in [-0.39, 0.29) is 17.5 Å². The van der Waals surface area contributed by atoms with Crippen LogP contribution in [-0.2, 0) is 5.54 Å². The first-order chi connectivity index (χ1) is 18.0. The molecule has 9 heteroatoms. The van der Waals surface area contributed by atoms with Crippen molar-refractivity contribution in [3.05, 3.63) is 30.1 Å². The fourth-order valence-corrected chi connectivity index (χ4v) is 7.14. The number of rotatable bonds is 5. The van der Waals surface area contributed by atoms with Gasteiger partial charge in [0.1, 0.15) is 17.2 Å². The van der Waals surface area contributed by atoms with Gasteiger partial charge < -0.3 is 20.1 Å². The maximum Gasteiger partial charge on any atom is 0.268 e. The molecular formula is C28H40N8O. The lowest BCUT2D eigenvalue weighted by atomic mass is 9.94. The van der Waals surface area contributed by atoms with Gasteiger partial charge in [-0.2, -0.15) is 4.98 Å². The second kappa shape index (κ2) is 9.83. The van der Waals surface area contributed by atoms with Crippen molar-refractivity contribution in [1.29, 1.82) is 0 Å². The summed E-state index contributed by atoms with van der Waals surface area (Å²) in [5.41, 5.74) is 1.47. The van der Waals surface area contributed by atoms with Crippen LogP contribution in [0, 0.1) is 0 Å². The summed E-state index contributed by atoms with van der Waals surface area (Å²) in [5.74, 6) is 1.30. The van der Waals surface area contributed by atoms with Crippen LogP contribution in [0.3, 0.4) is 0 Å². The molecule has 1 saturated carbocycles. The van der Waals surface area contributed by atoms with Crippen LogP contribution in [0.5, 0.6) is 0 Å². The topological polar surface area (TPSA) is 90.7 Å². The van der Waals surface area contributed by atoms with Gasteiger partial charge >= 0.3 is 0 Å². The molecule has 2 fully saturated rings. The van der Waals surface area contributed by atoms with Gasteiger partial charge in [0.05, 0.1) is 17.6 Å². The summed E-state index contributed by atoms with van der Waals surface area (Å²) in [6.07, 6.45) is 13.1. The number of aliphatic imine (C=N–C) groups is 1. The molecule has 4 aliphatic rings. The number of carbonyl (C=O) groups excluding carboxylic acids is 1. The van der Waals surface area contributed by atoms with Gasteiger partial charge in [0.15, 0.2) is 0 Å². The molecule has 0 aromatic carbocycles. The average molecular weight is 505 g/mol. The maximum atomic E-state index is 12.6. The molecule has 2 aromatic heterocycles. The summed E-state index contributed by atoms with van der Waals surface area (Å²) < 4.78 is 2.19. The predicted octanol–water partition coefficient (Wildman–Crippen LogP) is 3.39. The Morgan fingerprint density at radius 3 is 2.65 bits per heavy atom. The highest BCUT2D eigenvalue weighted by molar-refractivity contribution is 6.04. The van der Waals surface area contributed by atoms with Crippen LogP contribution in [0.4, 0.5) is 5.95 Å². The largest absolute Gasteiger partial charge is 0.348 e. The third-order valence-electron chi connectivity index (χ3n) is 9.14. The number of hydrogen-bond donors (Lipinski definition) is 2. The Hall–Kier alpha value is -2.78. The molecule has 1 saturated heterocycles. The number of nitrogens with one attached hydrogen (secondary N) is 2. The number of carbonyl (C=O) groups is 1. The van der Waals surface area contributed by atoms with Crippen molar-refractivity contribution < 1.29 is 4.79 Å². The molecular weight excluding hydrogens is 464 g/mol. The summed E-state index contributed by atoms with van der Waals surface area (Å²) in [4.78, 5) is 32.3. The van der Waals surface area contributed by atoms with E-state index in [1.54, 1.807) is 0 Å². The fraction of sp³-hybridized carbons (Fsp3) is 0.643. The number of amidine groups is 1. The highest BCUT2D eigenvalue weighted by Gasteiger charge is 2.43. The number of anilines is 1. The zero-order valence-electron chi connectivity index (χ0n) is 22.4. The molecule has 5 heterocycles. The van der Waals surface area contributed by atoms with Crippen molar-refractivity contribution >= 4 is 28.7 Å². The summed E-state index contributed by atoms with van der Waals surface area (Å²) in [7, 11) is 0. The Morgan fingerprint density at radius 2 is 1.95 bits per heavy atom. The van der Waals surface area contributed by atoms with E-state index in [9.17, 15) is 4.79 Å². The van der Waals surface area contributed by atoms with Gasteiger partial charge in [0.25, 0.3) is 5.91 Å². The standard InChI is InChI=1S/C28H40N8O/c1-4-34(5-2)21-10-14-35(15-11-21)22-8-9-24(31-19(22)3)32-27-29-17-20-16-23-26(37)30-18-28(12-6-7-13-28)36(23)25(20)33-27/h8-9,16-17,19,21-22H,4-7,10-15,18H2,1-3H3,(H,30,37)(H,29,31,32,33). The normalized spacial score (nSPS) is 26.1. The number of dihydropyridines is 1. The molecule has 2 N–H and O–H groups in total. The second-order valence-electron chi connectivity index (χ2n) is 11.2. The summed E-state index contributed by atoms with van der Waals surface area (Å²) in [6, 6.07) is 3.12. The smallest absolute Gasteiger partial charge is 0.268 e. The van der Waals surface area contributed by atoms with E-state index < -0.39 is 0 Å². The fourth-order valence-electron chi connectivity index (χ4n) is 7.14. The van der Waals surface area contributed by atoms with Crippen molar-refractivity contribution in [1.82, 2.24) is 29.7 Å². The SMILES string of the molecule is CCN(CC)C1CCN(C2C=CC(Nc3ncc4cc5n(c4n3)C3(CCCC3)CNC5=O)=NC2C)CC1. The molecule has 0 radical (unpaired) electrons. The molecule has 1 amide bonds. The van der Waals surface area contributed by atoms with E-state index in [0.717, 1.165) is 55.9 Å². The van der Waals surface area contributed by atoms with E-state index in [1.807, 2.05) is 12.3 Å². The van der Waals surface area contributed by atoms with Gasteiger partial charge in [-0.1, -0.05) is 32.8 Å². The Bertz CT molecular complexity index is 1210. The molecule has 9 nitrogen and oxygen atoms in total. The molecule has 1 spiro atoms. The molecule has 6 rings (SSSR count). The minimum absolute atomic E-state index is 0.0226. The highest BCUT2D eigenvalue weighted by Crippen LogP contribution is 2.41. The van der Waals surface area contributed by atoms with Crippen molar-refractivity contribution in [2.75, 3.05) is 38.0 Å². The van der Waals surface area contributed by atoms with Crippen LogP contribution in [0.25, 0.3) is 11.0 Å². The van der Waals surface area contributed by atoms with Crippen LogP contribution in [0.2, 0.25) is 0 Å². The van der Waals surface area contributed by atoms with Gasteiger partial charge in [-0.05, 0) is 57.8 Å². The van der Waals surface area contributed by atoms with E-state index >= 15 is 0 Å². The van der Waals surface area contributed by atoms with E-state index in [0.29, 0.717) is 30.3 Å². The summed E-state index contributed by atoms with van der Waals surface area (Å²) in [5, 5.41) is 7.37. The monoisotopic (exact) mass is 504 g/mol. The van der Waals surface area contributed by atoms with Crippen molar-refractivity contribution in [2.24, 2.45) is 4.99 Å². The Labute approximate surface area is 219 Å². The zero-order chi connectivity index (χ0) is 25.6. The molecule has 0 bridgehead atoms. The first kappa shape index (κ1) is 24.6. The number of amides is 1. The van der Waals surface area contributed by atoms with Gasteiger partial charge in [-0.15, -0.1) is 0 Å². The van der Waals surface area contributed by atoms with Gasteiger partial charge in [-0.3, -0.25) is 14.7 Å². The summed E-state index contributed by atoms with van der Waals surface area (Å²) >= 11 is 0. The number of likely N-dealkylation sites (tertiary alicyclic amines) is 1. The van der Waals surface area contributed by atoms with Gasteiger partial charge in [0.2, 0.25) is 5.95 Å². The third-order valence-corrected chi connectivity index (χ3v) is 9.14. The maximum absolute atomic E-state index is 12.6. The van der Waals surface area contributed by atoms with Gasteiger partial charge in [-0.25, -0.2) is 4.98 Å². The van der Waals surface area contributed by atoms with Crippen LogP contribution in [0.15, 0.2) is 29.4 Å². The molecule has 2 aromatic rings. The number of hydrogen-bond acceptors (Lipinski definition) is 7. The third kappa shape index (κ3) is 4.36. The lowest BCUT2D eigenvalue weighted by Crippen LogP contribution is -2.50. The first-order valence-electron chi connectivity index (χ1n) is 14.2. The van der Waals surface area contributed by atoms with Crippen LogP contribution in [0.1, 0.15) is 69.8 Å². The van der Waals surface area contributed by atoms with Crippen LogP contribution < -0.4 is 10.6 Å². The minimum Gasteiger partial charge on any atom is -0.348 e. The molecule has 37 heavy (non-hydrogen) atoms. The van der Waals surface area contributed by atoms with Gasteiger partial charge in [0, 0.05) is 37.3 Å². The van der Waals surface area contributed by atoms with E-state index in [1.165, 1.54) is 25.7 Å². The van der Waals surface area contributed by atoms with Crippen LogP contribution >= 0.6 is 0 Å². The number of fused-ring (bicyclic) bond motifs is 4. The average Bonchev–Trinajstić information content (AvgIpc) is 3.54. The Balaban J connectivity index is 1.17. The minimum atomic E-state index is -0.0701. The van der Waals surface area contributed by atoms with Crippen molar-refractivity contribution in [3.63, 3.8) is 0 Å². The number of piperidine rings is 1. The molecule has 2 atom stereocenters. The second-order valence-corrected chi connectivity index (χ2v) is 11.2. The van der Waals surface area contributed by atoms with Crippen molar-refractivity contribution in [3.8, 4) is 0 Å². The molecule has 198 valence electrons. The summed E-state index contributed by atoms with van der Waals surface area (Å²) in [6.45, 7) is 11.9. The van der Waals surface area contributed by atoms with E-state index in [2.05, 4.69) is 62.9 Å². The lowest BCUT2D eigenvalue weighted by molar-refractivity contribution is 0.0876. The molecule has 1 aliphatic carbocycles. The Morgan fingerprint density at radius 1 is 1.19 bits per heavy atom.